The highest BCUT2D eigenvalue weighted by Gasteiger charge is 2.67. The summed E-state index contributed by atoms with van der Waals surface area (Å²) in [5.74, 6) is 3.39. The largest absolute Gasteiger partial charge is 0.0882 e. The van der Waals surface area contributed by atoms with Gasteiger partial charge in [0, 0.05) is 27.7 Å². The fourth-order valence-electron chi connectivity index (χ4n) is 9.85. The van der Waals surface area contributed by atoms with E-state index in [0.717, 1.165) is 0 Å². The summed E-state index contributed by atoms with van der Waals surface area (Å²) in [6.45, 7) is 0. The van der Waals surface area contributed by atoms with Crippen molar-refractivity contribution in [1.82, 2.24) is 0 Å². The molecule has 0 saturated heterocycles. The molecule has 9 rings (SSSR count). The van der Waals surface area contributed by atoms with Gasteiger partial charge in [0.25, 0.3) is 0 Å². The van der Waals surface area contributed by atoms with Crippen LogP contribution >= 0.6 is 15.9 Å². The van der Waals surface area contributed by atoms with Crippen molar-refractivity contribution in [2.45, 2.75) is 25.7 Å². The first-order chi connectivity index (χ1) is 17.8. The summed E-state index contributed by atoms with van der Waals surface area (Å²) in [7, 11) is 0. The Hall–Kier alpha value is -2.64. The SMILES string of the molecule is BrC1=CC2C3=C(CCC=C3)C3(C4=CC5=C6C(=CC=CC6C4C4C=CCCC43)c3ccccc35)C2C=C1. The molecule has 0 nitrogen and oxygen atoms in total. The quantitative estimate of drug-likeness (QED) is 0.295. The second kappa shape index (κ2) is 7.01. The summed E-state index contributed by atoms with van der Waals surface area (Å²) in [6, 6.07) is 9.15. The molecule has 0 heterocycles. The smallest absolute Gasteiger partial charge is 0.0239 e. The predicted molar refractivity (Wildman–Crippen MR) is 152 cm³/mol. The molecule has 7 unspecified atom stereocenters. The van der Waals surface area contributed by atoms with Crippen molar-refractivity contribution in [3.8, 4) is 0 Å². The van der Waals surface area contributed by atoms with Gasteiger partial charge in [0.15, 0.2) is 0 Å². The Morgan fingerprint density at radius 3 is 2.78 bits per heavy atom. The molecular weight excluding hydrogens is 500 g/mol. The summed E-state index contributed by atoms with van der Waals surface area (Å²) in [4.78, 5) is 0. The van der Waals surface area contributed by atoms with Crippen molar-refractivity contribution in [2.75, 3.05) is 0 Å². The molecule has 1 fully saturated rings. The molecule has 0 radical (unpaired) electrons. The van der Waals surface area contributed by atoms with Crippen molar-refractivity contribution in [2.24, 2.45) is 40.9 Å². The molecule has 0 N–H and O–H groups in total. The zero-order valence-corrected chi connectivity index (χ0v) is 21.9. The molecule has 36 heavy (non-hydrogen) atoms. The Bertz CT molecular complexity index is 1530. The summed E-state index contributed by atoms with van der Waals surface area (Å²) in [5, 5.41) is 0. The normalized spacial score (nSPS) is 39.9. The number of allylic oxidation sites excluding steroid dienone is 18. The van der Waals surface area contributed by atoms with Gasteiger partial charge in [0.05, 0.1) is 0 Å². The number of halogens is 1. The lowest BCUT2D eigenvalue weighted by Gasteiger charge is -2.45. The van der Waals surface area contributed by atoms with Crippen LogP contribution in [-0.4, -0.2) is 0 Å². The van der Waals surface area contributed by atoms with E-state index >= 15 is 0 Å². The van der Waals surface area contributed by atoms with Crippen molar-refractivity contribution >= 4 is 27.1 Å². The van der Waals surface area contributed by atoms with Gasteiger partial charge in [0.1, 0.15) is 0 Å². The van der Waals surface area contributed by atoms with E-state index in [1.165, 1.54) is 52.4 Å². The van der Waals surface area contributed by atoms with E-state index < -0.39 is 0 Å². The maximum absolute atomic E-state index is 3.84. The molecule has 0 aliphatic heterocycles. The second-order valence-corrected chi connectivity index (χ2v) is 12.8. The standard InChI is InChI=1S/C35H29Br/c36-20-16-17-31-27(18-20)23-10-3-5-14-29(23)35(31)30-15-6-4-11-25(30)34-26-13-7-12-24-21-8-1-2-9-22(21)28(33(24)26)19-32(34)35/h1-4,7-13,16-19,25-27,30-31,34H,5-6,14-15H2. The molecule has 1 spiro atoms. The van der Waals surface area contributed by atoms with Crippen LogP contribution < -0.4 is 0 Å². The van der Waals surface area contributed by atoms with Crippen LogP contribution in [0.1, 0.15) is 36.8 Å². The molecule has 7 atom stereocenters. The van der Waals surface area contributed by atoms with Gasteiger partial charge < -0.3 is 0 Å². The molecule has 8 aliphatic rings. The summed E-state index contributed by atoms with van der Waals surface area (Å²) in [6.07, 6.45) is 32.5. The lowest BCUT2D eigenvalue weighted by molar-refractivity contribution is 0.176. The first kappa shape index (κ1) is 20.4. The molecule has 1 heteroatoms. The number of hydrogen-bond acceptors (Lipinski definition) is 0. The molecule has 0 bridgehead atoms. The third-order valence-electron chi connectivity index (χ3n) is 10.8. The maximum atomic E-state index is 3.84. The Kier molecular flexibility index (Phi) is 3.98. The van der Waals surface area contributed by atoms with Crippen molar-refractivity contribution < 1.29 is 0 Å². The first-order valence-corrected chi connectivity index (χ1v) is 14.6. The zero-order chi connectivity index (χ0) is 23.6. The van der Waals surface area contributed by atoms with Gasteiger partial charge in [-0.15, -0.1) is 0 Å². The molecule has 0 aromatic heterocycles. The van der Waals surface area contributed by atoms with Crippen LogP contribution in [-0.2, 0) is 0 Å². The van der Waals surface area contributed by atoms with Gasteiger partial charge >= 0.3 is 0 Å². The van der Waals surface area contributed by atoms with E-state index in [2.05, 4.69) is 107 Å². The molecule has 1 aromatic rings. The third kappa shape index (κ3) is 2.25. The Morgan fingerprint density at radius 2 is 1.83 bits per heavy atom. The zero-order valence-electron chi connectivity index (χ0n) is 20.3. The average Bonchev–Trinajstić information content (AvgIpc) is 3.52. The number of rotatable bonds is 0. The van der Waals surface area contributed by atoms with E-state index in [9.17, 15) is 0 Å². The lowest BCUT2D eigenvalue weighted by Crippen LogP contribution is -2.38. The molecule has 8 aliphatic carbocycles. The van der Waals surface area contributed by atoms with Gasteiger partial charge in [-0.3, -0.25) is 0 Å². The van der Waals surface area contributed by atoms with E-state index in [0.29, 0.717) is 35.5 Å². The van der Waals surface area contributed by atoms with Crippen LogP contribution in [0.25, 0.3) is 11.1 Å². The van der Waals surface area contributed by atoms with Gasteiger partial charge in [-0.2, -0.15) is 0 Å². The maximum Gasteiger partial charge on any atom is 0.0239 e. The van der Waals surface area contributed by atoms with E-state index in [4.69, 9.17) is 0 Å². The van der Waals surface area contributed by atoms with Crippen LogP contribution in [0.15, 0.2) is 118 Å². The van der Waals surface area contributed by atoms with Crippen molar-refractivity contribution in [1.29, 1.82) is 0 Å². The van der Waals surface area contributed by atoms with Crippen molar-refractivity contribution in [3.05, 3.63) is 129 Å². The second-order valence-electron chi connectivity index (χ2n) is 11.9. The highest BCUT2D eigenvalue weighted by Crippen LogP contribution is 2.75. The summed E-state index contributed by atoms with van der Waals surface area (Å²) < 4.78 is 1.25. The number of benzene rings is 1. The minimum Gasteiger partial charge on any atom is -0.0882 e. The number of fused-ring (bicyclic) bond motifs is 13. The van der Waals surface area contributed by atoms with E-state index in [1.807, 2.05) is 0 Å². The van der Waals surface area contributed by atoms with Crippen LogP contribution in [0.2, 0.25) is 0 Å². The van der Waals surface area contributed by atoms with Crippen LogP contribution in [0.4, 0.5) is 0 Å². The predicted octanol–water partition coefficient (Wildman–Crippen LogP) is 8.90. The number of hydrogen-bond donors (Lipinski definition) is 0. The Labute approximate surface area is 222 Å². The highest BCUT2D eigenvalue weighted by molar-refractivity contribution is 9.11. The molecule has 1 aromatic carbocycles. The molecule has 1 saturated carbocycles. The van der Waals surface area contributed by atoms with Crippen LogP contribution in [0.3, 0.4) is 0 Å². The van der Waals surface area contributed by atoms with Crippen molar-refractivity contribution in [3.63, 3.8) is 0 Å². The molecule has 176 valence electrons. The summed E-state index contributed by atoms with van der Waals surface area (Å²) >= 11 is 3.84. The Morgan fingerprint density at radius 1 is 0.917 bits per heavy atom. The van der Waals surface area contributed by atoms with Gasteiger partial charge in [-0.1, -0.05) is 118 Å². The van der Waals surface area contributed by atoms with Gasteiger partial charge in [0.2, 0.25) is 0 Å². The fraction of sp³-hybridized carbons (Fsp3) is 0.314. The lowest BCUT2D eigenvalue weighted by atomic mass is 9.58. The molecule has 0 amide bonds. The van der Waals surface area contributed by atoms with Crippen LogP contribution in [0, 0.1) is 40.9 Å². The van der Waals surface area contributed by atoms with E-state index in [-0.39, 0.29) is 5.41 Å². The Balaban J connectivity index is 1.36. The van der Waals surface area contributed by atoms with E-state index in [1.54, 1.807) is 22.3 Å². The van der Waals surface area contributed by atoms with Gasteiger partial charge in [-0.25, -0.2) is 0 Å². The molecular formula is C35H29Br. The van der Waals surface area contributed by atoms with Gasteiger partial charge in [-0.05, 0) is 76.9 Å². The highest BCUT2D eigenvalue weighted by atomic mass is 79.9. The third-order valence-corrected chi connectivity index (χ3v) is 11.3. The fourth-order valence-corrected chi connectivity index (χ4v) is 10.3. The summed E-state index contributed by atoms with van der Waals surface area (Å²) in [5.41, 5.74) is 12.8. The minimum atomic E-state index is 0.150. The monoisotopic (exact) mass is 528 g/mol. The average molecular weight is 530 g/mol. The van der Waals surface area contributed by atoms with Crippen LogP contribution in [0.5, 0.6) is 0 Å². The topological polar surface area (TPSA) is 0 Å². The first-order valence-electron chi connectivity index (χ1n) is 13.9. The minimum absolute atomic E-state index is 0.150.